The fourth-order valence-electron chi connectivity index (χ4n) is 3.25. The smallest absolute Gasteiger partial charge is 0.227 e. The van der Waals surface area contributed by atoms with Crippen LogP contribution in [0, 0.1) is 11.6 Å². The number of nitrogen functional groups attached to an aromatic ring is 1. The number of aromatic amines is 1. The number of rotatable bonds is 3. The fraction of sp³-hybridized carbons (Fsp3) is 0.167. The lowest BCUT2D eigenvalue weighted by molar-refractivity contribution is 0.517. The van der Waals surface area contributed by atoms with E-state index in [4.69, 9.17) is 5.84 Å². The van der Waals surface area contributed by atoms with Gasteiger partial charge in [0.05, 0.1) is 27.6 Å². The van der Waals surface area contributed by atoms with E-state index in [2.05, 4.69) is 21.4 Å². The molecule has 126 valence electrons. The first-order valence-electron chi connectivity index (χ1n) is 8.11. The van der Waals surface area contributed by atoms with Crippen molar-refractivity contribution in [3.8, 4) is 0 Å². The summed E-state index contributed by atoms with van der Waals surface area (Å²) in [6.07, 6.45) is 3.99. The number of anilines is 2. The van der Waals surface area contributed by atoms with Gasteiger partial charge >= 0.3 is 0 Å². The SMILES string of the molecule is Nn1c(Nc2c[nH]c3ccc(F)c(F)c23)nc2cc(C3CC3)ccc21. The summed E-state index contributed by atoms with van der Waals surface area (Å²) in [5, 5.41) is 3.15. The van der Waals surface area contributed by atoms with Crippen molar-refractivity contribution in [3.05, 3.63) is 53.7 Å². The van der Waals surface area contributed by atoms with Crippen LogP contribution in [0.2, 0.25) is 0 Å². The highest BCUT2D eigenvalue weighted by Crippen LogP contribution is 2.41. The van der Waals surface area contributed by atoms with Crippen molar-refractivity contribution in [1.82, 2.24) is 14.6 Å². The molecule has 0 unspecified atom stereocenters. The number of nitrogens with zero attached hydrogens (tertiary/aromatic N) is 2. The second-order valence-electron chi connectivity index (χ2n) is 6.44. The van der Waals surface area contributed by atoms with E-state index < -0.39 is 11.6 Å². The number of benzene rings is 2. The quantitative estimate of drug-likeness (QED) is 0.492. The zero-order chi connectivity index (χ0) is 17.1. The normalized spacial score (nSPS) is 14.5. The molecular weight excluding hydrogens is 324 g/mol. The monoisotopic (exact) mass is 339 g/mol. The fourth-order valence-corrected chi connectivity index (χ4v) is 3.25. The van der Waals surface area contributed by atoms with Gasteiger partial charge in [0.1, 0.15) is 0 Å². The van der Waals surface area contributed by atoms with E-state index in [0.717, 1.165) is 17.1 Å². The Morgan fingerprint density at radius 1 is 1.20 bits per heavy atom. The van der Waals surface area contributed by atoms with Crippen LogP contribution in [0.1, 0.15) is 24.3 Å². The lowest BCUT2D eigenvalue weighted by Gasteiger charge is -2.05. The van der Waals surface area contributed by atoms with Crippen LogP contribution in [0.15, 0.2) is 36.5 Å². The Labute approximate surface area is 141 Å². The number of halogens is 2. The average Bonchev–Trinajstić information content (AvgIpc) is 3.32. The number of imidazole rings is 1. The van der Waals surface area contributed by atoms with Crippen LogP contribution in [0.5, 0.6) is 0 Å². The molecule has 0 bridgehead atoms. The summed E-state index contributed by atoms with van der Waals surface area (Å²) < 4.78 is 29.1. The third-order valence-electron chi connectivity index (χ3n) is 4.74. The van der Waals surface area contributed by atoms with Crippen molar-refractivity contribution in [1.29, 1.82) is 0 Å². The number of aromatic nitrogens is 3. The lowest BCUT2D eigenvalue weighted by Crippen LogP contribution is -2.11. The summed E-state index contributed by atoms with van der Waals surface area (Å²) in [6.45, 7) is 0. The Morgan fingerprint density at radius 2 is 2.04 bits per heavy atom. The number of H-pyrrole nitrogens is 1. The second kappa shape index (κ2) is 4.95. The van der Waals surface area contributed by atoms with Crippen molar-refractivity contribution in [2.75, 3.05) is 11.2 Å². The molecule has 0 aliphatic heterocycles. The van der Waals surface area contributed by atoms with Gasteiger partial charge in [0, 0.05) is 6.20 Å². The Morgan fingerprint density at radius 3 is 2.84 bits per heavy atom. The molecule has 1 fully saturated rings. The van der Waals surface area contributed by atoms with Crippen molar-refractivity contribution in [2.45, 2.75) is 18.8 Å². The Balaban J connectivity index is 1.60. The Kier molecular flexibility index (Phi) is 2.83. The highest BCUT2D eigenvalue weighted by Gasteiger charge is 2.24. The highest BCUT2D eigenvalue weighted by molar-refractivity contribution is 5.95. The molecule has 5 rings (SSSR count). The van der Waals surface area contributed by atoms with Crippen LogP contribution in [-0.2, 0) is 0 Å². The third kappa shape index (κ3) is 2.15. The van der Waals surface area contributed by atoms with E-state index in [1.165, 1.54) is 29.1 Å². The molecule has 2 aromatic heterocycles. The predicted molar refractivity (Wildman–Crippen MR) is 93.4 cm³/mol. The highest BCUT2D eigenvalue weighted by atomic mass is 19.2. The van der Waals surface area contributed by atoms with Gasteiger partial charge in [0.2, 0.25) is 5.95 Å². The second-order valence-corrected chi connectivity index (χ2v) is 6.44. The molecule has 4 aromatic rings. The molecule has 7 heteroatoms. The van der Waals surface area contributed by atoms with E-state index in [0.29, 0.717) is 23.1 Å². The number of nitrogens with two attached hydrogens (primary N) is 1. The van der Waals surface area contributed by atoms with Gasteiger partial charge in [0.25, 0.3) is 0 Å². The van der Waals surface area contributed by atoms with Gasteiger partial charge in [-0.2, -0.15) is 0 Å². The number of hydrogen-bond donors (Lipinski definition) is 3. The molecule has 1 aliphatic rings. The summed E-state index contributed by atoms with van der Waals surface area (Å²) in [5.74, 6) is 5.31. The molecule has 0 atom stereocenters. The van der Waals surface area contributed by atoms with Crippen molar-refractivity contribution in [2.24, 2.45) is 0 Å². The summed E-state index contributed by atoms with van der Waals surface area (Å²) in [5.41, 5.74) is 3.70. The van der Waals surface area contributed by atoms with Crippen LogP contribution in [0.25, 0.3) is 21.9 Å². The zero-order valence-corrected chi connectivity index (χ0v) is 13.2. The number of nitrogens with one attached hydrogen (secondary N) is 2. The Bertz CT molecular complexity index is 1120. The van der Waals surface area contributed by atoms with Crippen molar-refractivity contribution in [3.63, 3.8) is 0 Å². The maximum Gasteiger partial charge on any atom is 0.227 e. The van der Waals surface area contributed by atoms with Crippen molar-refractivity contribution < 1.29 is 8.78 Å². The van der Waals surface area contributed by atoms with Crippen LogP contribution in [0.3, 0.4) is 0 Å². The lowest BCUT2D eigenvalue weighted by atomic mass is 10.1. The largest absolute Gasteiger partial charge is 0.359 e. The van der Waals surface area contributed by atoms with E-state index in [1.807, 2.05) is 12.1 Å². The molecule has 0 amide bonds. The molecule has 0 radical (unpaired) electrons. The summed E-state index contributed by atoms with van der Waals surface area (Å²) >= 11 is 0. The van der Waals surface area contributed by atoms with E-state index >= 15 is 0 Å². The van der Waals surface area contributed by atoms with E-state index in [-0.39, 0.29) is 5.39 Å². The predicted octanol–water partition coefficient (Wildman–Crippen LogP) is 4.13. The minimum Gasteiger partial charge on any atom is -0.359 e. The topological polar surface area (TPSA) is 71.7 Å². The molecule has 2 aromatic carbocycles. The first kappa shape index (κ1) is 14.3. The van der Waals surface area contributed by atoms with Crippen LogP contribution in [0.4, 0.5) is 20.4 Å². The van der Waals surface area contributed by atoms with Gasteiger partial charge in [-0.1, -0.05) is 6.07 Å². The molecule has 5 nitrogen and oxygen atoms in total. The maximum absolute atomic E-state index is 14.2. The van der Waals surface area contributed by atoms with Gasteiger partial charge in [0.15, 0.2) is 11.6 Å². The van der Waals surface area contributed by atoms with Crippen LogP contribution >= 0.6 is 0 Å². The molecular formula is C18H15F2N5. The average molecular weight is 339 g/mol. The first-order valence-corrected chi connectivity index (χ1v) is 8.11. The number of hydrogen-bond acceptors (Lipinski definition) is 3. The summed E-state index contributed by atoms with van der Waals surface area (Å²) in [7, 11) is 0. The molecule has 1 saturated carbocycles. The minimum atomic E-state index is -0.906. The molecule has 1 aliphatic carbocycles. The maximum atomic E-state index is 14.2. The zero-order valence-electron chi connectivity index (χ0n) is 13.2. The standard InChI is InChI=1S/C18H15F2N5/c19-11-4-5-12-16(17(11)20)14(8-22-12)24-18-23-13-7-10(9-1-2-9)3-6-15(13)25(18)21/h3-9,22H,1-2,21H2,(H,23,24). The Hall–Kier alpha value is -3.09. The molecule has 4 N–H and O–H groups in total. The molecule has 0 spiro atoms. The molecule has 0 saturated heterocycles. The summed E-state index contributed by atoms with van der Waals surface area (Å²) in [6, 6.07) is 8.63. The van der Waals surface area contributed by atoms with Crippen molar-refractivity contribution >= 4 is 33.6 Å². The van der Waals surface area contributed by atoms with Gasteiger partial charge in [-0.05, 0) is 48.6 Å². The number of fused-ring (bicyclic) bond motifs is 2. The van der Waals surface area contributed by atoms with Crippen LogP contribution in [-0.4, -0.2) is 14.6 Å². The first-order chi connectivity index (χ1) is 12.1. The van der Waals surface area contributed by atoms with Gasteiger partial charge in [-0.25, -0.2) is 18.4 Å². The van der Waals surface area contributed by atoms with E-state index in [9.17, 15) is 8.78 Å². The molecule has 25 heavy (non-hydrogen) atoms. The third-order valence-corrected chi connectivity index (χ3v) is 4.74. The minimum absolute atomic E-state index is 0.144. The molecule has 2 heterocycles. The van der Waals surface area contributed by atoms with Crippen LogP contribution < -0.4 is 11.2 Å². The van der Waals surface area contributed by atoms with Gasteiger partial charge in [-0.3, -0.25) is 0 Å². The van der Waals surface area contributed by atoms with Gasteiger partial charge in [-0.15, -0.1) is 0 Å². The van der Waals surface area contributed by atoms with E-state index in [1.54, 1.807) is 6.20 Å². The summed E-state index contributed by atoms with van der Waals surface area (Å²) in [4.78, 5) is 7.43. The van der Waals surface area contributed by atoms with Gasteiger partial charge < -0.3 is 16.1 Å².